The Morgan fingerprint density at radius 1 is 0.742 bits per heavy atom. The summed E-state index contributed by atoms with van der Waals surface area (Å²) < 4.78 is 26.1. The summed E-state index contributed by atoms with van der Waals surface area (Å²) >= 11 is 0. The molecule has 4 atom stereocenters. The molecule has 0 spiro atoms. The average Bonchev–Trinajstić information content (AvgIpc) is 3.73. The van der Waals surface area contributed by atoms with Crippen LogP contribution in [-0.4, -0.2) is 77.8 Å². The van der Waals surface area contributed by atoms with E-state index in [9.17, 15) is 9.59 Å². The predicted molar refractivity (Wildman–Crippen MR) is 275 cm³/mol. The van der Waals surface area contributed by atoms with E-state index in [-0.39, 0.29) is 46.1 Å². The van der Waals surface area contributed by atoms with Crippen molar-refractivity contribution >= 4 is 55.2 Å². The Kier molecular flexibility index (Phi) is 17.1. The monoisotopic (exact) mass is 927 g/mol. The third-order valence-corrected chi connectivity index (χ3v) is 23.8. The maximum Gasteiger partial charge on any atom is 0.337 e. The lowest BCUT2D eigenvalue weighted by atomic mass is 9.98. The summed E-state index contributed by atoms with van der Waals surface area (Å²) in [4.78, 5) is 34.4. The number of aliphatic imine (C=N–C) groups is 1. The van der Waals surface area contributed by atoms with Crippen molar-refractivity contribution in [2.24, 2.45) is 4.99 Å². The van der Waals surface area contributed by atoms with Crippen molar-refractivity contribution in [3.8, 4) is 0 Å². The van der Waals surface area contributed by atoms with Gasteiger partial charge in [0.2, 0.25) is 0 Å². The minimum atomic E-state index is -2.73. The number of Topliss-reactive ketones (excluding diaryl/α,β-unsaturated/α-hetero) is 1. The Morgan fingerprint density at radius 3 is 1.67 bits per heavy atom. The van der Waals surface area contributed by atoms with Crippen LogP contribution in [0, 0.1) is 0 Å². The molecule has 2 heterocycles. The molecule has 1 saturated heterocycles. The van der Waals surface area contributed by atoms with Gasteiger partial charge in [-0.15, -0.1) is 0 Å². The largest absolute Gasteiger partial charge is 0.468 e. The lowest BCUT2D eigenvalue weighted by molar-refractivity contribution is -0.136. The van der Waals surface area contributed by atoms with Crippen LogP contribution in [0.15, 0.2) is 150 Å². The fourth-order valence-corrected chi connectivity index (χ4v) is 19.9. The first-order chi connectivity index (χ1) is 31.6. The van der Waals surface area contributed by atoms with Gasteiger partial charge in [-0.1, -0.05) is 182 Å². The van der Waals surface area contributed by atoms with Gasteiger partial charge in [0.25, 0.3) is 22.7 Å². The molecule has 6 rings (SSSR count). The lowest BCUT2D eigenvalue weighted by Crippen LogP contribution is -2.67. The second-order valence-electron chi connectivity index (χ2n) is 20.0. The molecule has 4 aromatic carbocycles. The minimum Gasteiger partial charge on any atom is -0.468 e. The van der Waals surface area contributed by atoms with E-state index in [4.69, 9.17) is 23.3 Å². The zero-order chi connectivity index (χ0) is 47.5. The first-order valence-electron chi connectivity index (χ1n) is 24.1. The number of esters is 1. The van der Waals surface area contributed by atoms with Crippen LogP contribution in [0.4, 0.5) is 0 Å². The van der Waals surface area contributed by atoms with Crippen LogP contribution < -0.4 is 20.7 Å². The van der Waals surface area contributed by atoms with Crippen LogP contribution >= 0.6 is 0 Å². The fourth-order valence-electron chi connectivity index (χ4n) is 10.4. The Bertz CT molecular complexity index is 2210. The highest BCUT2D eigenvalue weighted by Gasteiger charge is 2.52. The quantitative estimate of drug-likeness (QED) is 0.0496. The first kappa shape index (κ1) is 50.5. The number of benzene rings is 4. The predicted octanol–water partition coefficient (Wildman–Crippen LogP) is 10.0. The van der Waals surface area contributed by atoms with Crippen LogP contribution in [-0.2, 0) is 27.9 Å². The van der Waals surface area contributed by atoms with Crippen LogP contribution in [0.5, 0.6) is 0 Å². The first-order valence-corrected chi connectivity index (χ1v) is 27.9. The summed E-state index contributed by atoms with van der Waals surface area (Å²) in [5.74, 6) is -0.204. The molecule has 0 aliphatic carbocycles. The third kappa shape index (κ3) is 10.9. The molecule has 4 aromatic rings. The summed E-state index contributed by atoms with van der Waals surface area (Å²) in [6.45, 7) is 18.1. The van der Waals surface area contributed by atoms with E-state index in [0.29, 0.717) is 49.4 Å². The number of rotatable bonds is 20. The summed E-state index contributed by atoms with van der Waals surface area (Å²) in [7, 11) is -2.40. The molecule has 66 heavy (non-hydrogen) atoms. The van der Waals surface area contributed by atoms with Gasteiger partial charge < -0.3 is 23.2 Å². The highest BCUT2D eigenvalue weighted by atomic mass is 28.4. The summed E-state index contributed by atoms with van der Waals surface area (Å²) in [6.07, 6.45) is 9.91. The number of hydrogen-bond donors (Lipinski definition) is 0. The van der Waals surface area contributed by atoms with Crippen molar-refractivity contribution in [1.29, 1.82) is 0 Å². The number of methoxy groups -OCH3 is 2. The normalized spacial score (nSPS) is 17.9. The molecule has 0 saturated carbocycles. The number of nitrogens with zero attached hydrogens (tertiary/aromatic N) is 2. The van der Waals surface area contributed by atoms with Crippen molar-refractivity contribution in [3.63, 3.8) is 0 Å². The number of allylic oxidation sites excluding steroid dienone is 2. The maximum atomic E-state index is 13.7. The molecule has 10 heteroatoms. The van der Waals surface area contributed by atoms with Gasteiger partial charge in [-0.3, -0.25) is 4.79 Å². The summed E-state index contributed by atoms with van der Waals surface area (Å²) in [5, 5.41) is 4.74. The Hall–Kier alpha value is -4.88. The lowest BCUT2D eigenvalue weighted by Gasteiger charge is -2.44. The van der Waals surface area contributed by atoms with Gasteiger partial charge in [0.05, 0.1) is 37.6 Å². The Morgan fingerprint density at radius 2 is 1.23 bits per heavy atom. The number of ether oxygens (including phenoxy) is 2. The molecule has 0 amide bonds. The second-order valence-corrected chi connectivity index (χ2v) is 28.5. The van der Waals surface area contributed by atoms with Gasteiger partial charge in [0.15, 0.2) is 0 Å². The van der Waals surface area contributed by atoms with E-state index < -0.39 is 16.6 Å². The molecule has 352 valence electrons. The van der Waals surface area contributed by atoms with Gasteiger partial charge in [-0.2, -0.15) is 0 Å². The molecule has 2 aliphatic heterocycles. The smallest absolute Gasteiger partial charge is 0.337 e. The maximum absolute atomic E-state index is 13.7. The highest BCUT2D eigenvalue weighted by Crippen LogP contribution is 2.41. The topological polar surface area (TPSA) is 86.7 Å². The summed E-state index contributed by atoms with van der Waals surface area (Å²) in [5.41, 5.74) is 1.27. The van der Waals surface area contributed by atoms with Gasteiger partial charge in [-0.05, 0) is 82.7 Å². The number of carbonyl (C=O) groups is 2. The number of fused-ring (bicyclic) bond motifs is 1. The third-order valence-electron chi connectivity index (χ3n) is 13.6. The SMILES string of the molecule is CC[C@@H](/C=C\CCC(=O)C[C@@H]1CC[C@H]2C(C(=O)OC)=C(CCC[C@@H](C)O[Si](c3ccccc3)(c3ccccc3)C(C)(C)C)N=C(OC)N12)O[Si](c1ccccc1)(c1ccccc1)C(C)(C)C. The van der Waals surface area contributed by atoms with Crippen molar-refractivity contribution < 1.29 is 27.9 Å². The molecular formula is C56H74N2O6Si2. The average molecular weight is 927 g/mol. The molecule has 2 aliphatic rings. The van der Waals surface area contributed by atoms with E-state index in [1.54, 1.807) is 7.11 Å². The molecule has 0 bridgehead atoms. The van der Waals surface area contributed by atoms with Crippen molar-refractivity contribution in [3.05, 3.63) is 145 Å². The highest BCUT2D eigenvalue weighted by molar-refractivity contribution is 7.00. The standard InChI is InChI=1S/C56H74N2O6Si2/c1-11-45(64-66(56(6,7)8,48-34-20-14-21-35-48)49-36-22-15-23-37-49)29-25-24-28-44(59)41-43-39-40-51-52(53(60)61-9)50(57-54(62-10)58(43)51)38-26-27-42(2)63-65(55(3,4)5,46-30-16-12-17-31-46)47-32-18-13-19-33-47/h12-23,25,29-37,42-43,45,51H,11,24,26-28,38-41H2,1-10H3/b29-25-/t42-,43+,45+,51+/m1/s1. The zero-order valence-corrected chi connectivity index (χ0v) is 43.2. The number of hydrogen-bond acceptors (Lipinski definition) is 8. The molecule has 1 fully saturated rings. The van der Waals surface area contributed by atoms with E-state index in [1.165, 1.54) is 27.9 Å². The van der Waals surface area contributed by atoms with Gasteiger partial charge in [0.1, 0.15) is 5.78 Å². The number of ketones is 1. The fraction of sp³-hybridized carbons (Fsp3) is 0.446. The van der Waals surface area contributed by atoms with E-state index >= 15 is 0 Å². The van der Waals surface area contributed by atoms with Gasteiger partial charge >= 0.3 is 5.97 Å². The van der Waals surface area contributed by atoms with E-state index in [0.717, 1.165) is 25.7 Å². The van der Waals surface area contributed by atoms with Crippen LogP contribution in [0.25, 0.3) is 0 Å². The van der Waals surface area contributed by atoms with Crippen molar-refractivity contribution in [1.82, 2.24) is 4.90 Å². The van der Waals surface area contributed by atoms with Gasteiger partial charge in [0, 0.05) is 25.0 Å². The number of amidine groups is 1. The number of carbonyl (C=O) groups excluding carboxylic acids is 2. The molecule has 0 N–H and O–H groups in total. The molecule has 0 aromatic heterocycles. The van der Waals surface area contributed by atoms with E-state index in [2.05, 4.69) is 194 Å². The van der Waals surface area contributed by atoms with Crippen LogP contribution in [0.1, 0.15) is 113 Å². The Labute approximate surface area is 397 Å². The molecule has 8 nitrogen and oxygen atoms in total. The molecule has 0 unspecified atom stereocenters. The zero-order valence-electron chi connectivity index (χ0n) is 41.2. The van der Waals surface area contributed by atoms with E-state index in [1.807, 2.05) is 0 Å². The molecular weight excluding hydrogens is 853 g/mol. The second kappa shape index (κ2) is 22.3. The van der Waals surface area contributed by atoms with Crippen LogP contribution in [0.3, 0.4) is 0 Å². The van der Waals surface area contributed by atoms with Crippen LogP contribution in [0.2, 0.25) is 10.1 Å². The van der Waals surface area contributed by atoms with Crippen molar-refractivity contribution in [2.75, 3.05) is 14.2 Å². The van der Waals surface area contributed by atoms with Crippen molar-refractivity contribution in [2.45, 2.75) is 148 Å². The molecule has 0 radical (unpaired) electrons. The minimum absolute atomic E-state index is 0.0518. The van der Waals surface area contributed by atoms with Gasteiger partial charge in [-0.25, -0.2) is 9.79 Å². The summed E-state index contributed by atoms with van der Waals surface area (Å²) in [6, 6.07) is 42.9. The Balaban J connectivity index is 1.11.